The van der Waals surface area contributed by atoms with E-state index >= 15 is 0 Å². The van der Waals surface area contributed by atoms with Gasteiger partial charge in [0.1, 0.15) is 23.7 Å². The summed E-state index contributed by atoms with van der Waals surface area (Å²) in [7, 11) is 0. The number of aliphatic hydroxyl groups excluding tert-OH is 1. The first-order valence-electron chi connectivity index (χ1n) is 15.4. The van der Waals surface area contributed by atoms with Crippen LogP contribution in [0.1, 0.15) is 58.6 Å². The molecule has 2 N–H and O–H groups in total. The molecule has 2 saturated heterocycles. The molecular formula is C33H43N3O7. The van der Waals surface area contributed by atoms with E-state index in [1.807, 2.05) is 64.1 Å². The fourth-order valence-electron chi connectivity index (χ4n) is 7.00. The highest BCUT2D eigenvalue weighted by Gasteiger charge is 2.72. The molecule has 0 unspecified atom stereocenters. The zero-order valence-corrected chi connectivity index (χ0v) is 25.3. The van der Waals surface area contributed by atoms with E-state index in [-0.39, 0.29) is 43.3 Å². The smallest absolute Gasteiger partial charge is 0.313 e. The first kappa shape index (κ1) is 30.9. The minimum absolute atomic E-state index is 0.0807. The summed E-state index contributed by atoms with van der Waals surface area (Å²) in [5, 5.41) is 13.4. The van der Waals surface area contributed by atoms with Gasteiger partial charge in [0.15, 0.2) is 0 Å². The molecule has 0 radical (unpaired) electrons. The SMILES string of the molecule is CC[C@H](C)[C@H](CO)N1C(=O)[C@@H]2[C@H]3C(=O)O[C@H](c4ccccc4)CNC(=O)CC/C=C\[C@H]3O[C@@]23C=CCN(C(C)C)C(=O)[C@@H]13. The van der Waals surface area contributed by atoms with Crippen molar-refractivity contribution in [3.05, 3.63) is 60.2 Å². The number of rotatable bonds is 6. The maximum absolute atomic E-state index is 14.6. The lowest BCUT2D eigenvalue weighted by Gasteiger charge is -2.41. The lowest BCUT2D eigenvalue weighted by atomic mass is 9.77. The average molecular weight is 594 g/mol. The van der Waals surface area contributed by atoms with E-state index in [0.717, 1.165) is 0 Å². The van der Waals surface area contributed by atoms with Gasteiger partial charge in [0.2, 0.25) is 17.7 Å². The second kappa shape index (κ2) is 12.6. The van der Waals surface area contributed by atoms with Crippen LogP contribution in [0.2, 0.25) is 0 Å². The second-order valence-corrected chi connectivity index (χ2v) is 12.3. The molecule has 10 heteroatoms. The first-order valence-corrected chi connectivity index (χ1v) is 15.4. The Morgan fingerprint density at radius 3 is 2.49 bits per heavy atom. The summed E-state index contributed by atoms with van der Waals surface area (Å²) in [5.74, 6) is -3.67. The maximum atomic E-state index is 14.6. The summed E-state index contributed by atoms with van der Waals surface area (Å²) in [5.41, 5.74) is -0.728. The number of carbonyl (C=O) groups is 4. The van der Waals surface area contributed by atoms with E-state index in [1.165, 1.54) is 4.90 Å². The van der Waals surface area contributed by atoms with Crippen LogP contribution in [-0.4, -0.2) is 88.1 Å². The molecule has 43 heavy (non-hydrogen) atoms. The molecule has 0 aromatic heterocycles. The molecule has 0 saturated carbocycles. The molecule has 2 fully saturated rings. The standard InChI is InChI=1S/C33H43N3O7/c1-5-21(4)23(19-37)36-29-31(40)35(20(2)3)17-11-16-33(29)28(30(36)39)27-24(43-33)14-9-10-15-26(38)34-18-25(42-32(27)41)22-12-7-6-8-13-22/h6-9,11-14,16,20-21,23-25,27-29,37H,5,10,15,17-19H2,1-4H3,(H,34,38)/b14-9-/t21-,23-,24+,25-,27-,28-,29+,33-/m0/s1. The predicted molar refractivity (Wildman–Crippen MR) is 158 cm³/mol. The van der Waals surface area contributed by atoms with Crippen molar-refractivity contribution in [3.8, 4) is 0 Å². The molecule has 1 aromatic carbocycles. The number of esters is 1. The molecule has 1 spiro atoms. The predicted octanol–water partition coefficient (Wildman–Crippen LogP) is 2.53. The van der Waals surface area contributed by atoms with Crippen molar-refractivity contribution in [1.82, 2.24) is 15.1 Å². The van der Waals surface area contributed by atoms with Gasteiger partial charge in [-0.1, -0.05) is 74.9 Å². The van der Waals surface area contributed by atoms with Gasteiger partial charge in [0.05, 0.1) is 31.2 Å². The minimum Gasteiger partial charge on any atom is -0.455 e. The van der Waals surface area contributed by atoms with Gasteiger partial charge in [-0.15, -0.1) is 0 Å². The number of nitrogens with one attached hydrogen (secondary N) is 1. The number of hydrogen-bond donors (Lipinski definition) is 2. The van der Waals surface area contributed by atoms with E-state index in [2.05, 4.69) is 5.32 Å². The molecule has 10 nitrogen and oxygen atoms in total. The van der Waals surface area contributed by atoms with Crippen molar-refractivity contribution in [3.63, 3.8) is 0 Å². The summed E-state index contributed by atoms with van der Waals surface area (Å²) in [6, 6.07) is 7.32. The van der Waals surface area contributed by atoms with Crippen molar-refractivity contribution in [1.29, 1.82) is 0 Å². The van der Waals surface area contributed by atoms with Crippen LogP contribution < -0.4 is 5.32 Å². The van der Waals surface area contributed by atoms with Gasteiger partial charge in [-0.2, -0.15) is 0 Å². The highest BCUT2D eigenvalue weighted by Crippen LogP contribution is 2.54. The molecule has 8 atom stereocenters. The van der Waals surface area contributed by atoms with Gasteiger partial charge < -0.3 is 29.7 Å². The third kappa shape index (κ3) is 5.51. The molecule has 5 rings (SSSR count). The summed E-state index contributed by atoms with van der Waals surface area (Å²) >= 11 is 0. The van der Waals surface area contributed by atoms with Crippen LogP contribution in [0.3, 0.4) is 0 Å². The number of aliphatic hydroxyl groups is 1. The third-order valence-corrected chi connectivity index (χ3v) is 9.48. The summed E-state index contributed by atoms with van der Waals surface area (Å²) < 4.78 is 12.8. The normalized spacial score (nSPS) is 33.4. The number of cyclic esters (lactones) is 1. The van der Waals surface area contributed by atoms with Crippen LogP contribution in [0.4, 0.5) is 0 Å². The average Bonchev–Trinajstić information content (AvgIpc) is 3.38. The van der Waals surface area contributed by atoms with E-state index < -0.39 is 53.6 Å². The van der Waals surface area contributed by atoms with E-state index in [0.29, 0.717) is 24.9 Å². The number of benzene rings is 1. The highest BCUT2D eigenvalue weighted by molar-refractivity contribution is 5.99. The van der Waals surface area contributed by atoms with Crippen molar-refractivity contribution >= 4 is 23.7 Å². The Labute approximate surface area is 253 Å². The van der Waals surface area contributed by atoms with Gasteiger partial charge in [-0.05, 0) is 31.7 Å². The summed E-state index contributed by atoms with van der Waals surface area (Å²) in [4.78, 5) is 58.9. The number of fused-ring (bicyclic) bond motifs is 2. The maximum Gasteiger partial charge on any atom is 0.313 e. The topological polar surface area (TPSA) is 125 Å². The van der Waals surface area contributed by atoms with Gasteiger partial charge in [-0.3, -0.25) is 19.2 Å². The van der Waals surface area contributed by atoms with Gasteiger partial charge in [0, 0.05) is 19.0 Å². The van der Waals surface area contributed by atoms with Crippen molar-refractivity contribution in [2.24, 2.45) is 17.8 Å². The molecule has 1 aromatic rings. The number of likely N-dealkylation sites (tertiary alicyclic amines) is 1. The number of ether oxygens (including phenoxy) is 2. The van der Waals surface area contributed by atoms with E-state index in [4.69, 9.17) is 9.47 Å². The molecule has 0 aliphatic carbocycles. The lowest BCUT2D eigenvalue weighted by molar-refractivity contribution is -0.161. The van der Waals surface area contributed by atoms with Crippen LogP contribution in [0, 0.1) is 17.8 Å². The van der Waals surface area contributed by atoms with Crippen LogP contribution in [-0.2, 0) is 28.7 Å². The Morgan fingerprint density at radius 1 is 1.07 bits per heavy atom. The minimum atomic E-state index is -1.44. The number of allylic oxidation sites excluding steroid dienone is 1. The van der Waals surface area contributed by atoms with Gasteiger partial charge >= 0.3 is 5.97 Å². The Hall–Kier alpha value is -3.50. The molecule has 4 aliphatic rings. The third-order valence-electron chi connectivity index (χ3n) is 9.48. The van der Waals surface area contributed by atoms with Crippen molar-refractivity contribution in [2.45, 2.75) is 82.9 Å². The molecule has 3 amide bonds. The fourth-order valence-corrected chi connectivity index (χ4v) is 7.00. The van der Waals surface area contributed by atoms with Gasteiger partial charge in [-0.25, -0.2) is 0 Å². The zero-order chi connectivity index (χ0) is 30.9. The van der Waals surface area contributed by atoms with Crippen LogP contribution in [0.15, 0.2) is 54.6 Å². The number of hydrogen-bond acceptors (Lipinski definition) is 7. The quantitative estimate of drug-likeness (QED) is 0.384. The van der Waals surface area contributed by atoms with Gasteiger partial charge in [0.25, 0.3) is 0 Å². The zero-order valence-electron chi connectivity index (χ0n) is 25.3. The molecule has 4 aliphatic heterocycles. The lowest BCUT2D eigenvalue weighted by Crippen LogP contribution is -2.60. The Balaban J connectivity index is 1.63. The molecule has 4 heterocycles. The van der Waals surface area contributed by atoms with Crippen LogP contribution in [0.25, 0.3) is 0 Å². The van der Waals surface area contributed by atoms with E-state index in [9.17, 15) is 24.3 Å². The Morgan fingerprint density at radius 2 is 1.81 bits per heavy atom. The van der Waals surface area contributed by atoms with Crippen LogP contribution >= 0.6 is 0 Å². The highest BCUT2D eigenvalue weighted by atomic mass is 16.6. The molecule has 232 valence electrons. The van der Waals surface area contributed by atoms with E-state index in [1.54, 1.807) is 23.1 Å². The number of carbonyl (C=O) groups excluding carboxylic acids is 4. The monoisotopic (exact) mass is 593 g/mol. The second-order valence-electron chi connectivity index (χ2n) is 12.3. The van der Waals surface area contributed by atoms with Crippen molar-refractivity contribution in [2.75, 3.05) is 19.7 Å². The molecule has 0 bridgehead atoms. The Bertz CT molecular complexity index is 1280. The molecular weight excluding hydrogens is 550 g/mol. The first-order chi connectivity index (χ1) is 20.6. The number of amides is 3. The van der Waals surface area contributed by atoms with Crippen LogP contribution in [0.5, 0.6) is 0 Å². The summed E-state index contributed by atoms with van der Waals surface area (Å²) in [6.45, 7) is 7.85. The fraction of sp³-hybridized carbons (Fsp3) is 0.576. The summed E-state index contributed by atoms with van der Waals surface area (Å²) in [6.07, 6.45) is 6.84. The van der Waals surface area contributed by atoms with Crippen molar-refractivity contribution < 1.29 is 33.8 Å². The number of nitrogens with zero attached hydrogens (tertiary/aromatic N) is 2. The Kier molecular flexibility index (Phi) is 9.08. The largest absolute Gasteiger partial charge is 0.455 e.